The van der Waals surface area contributed by atoms with Crippen molar-refractivity contribution in [2.75, 3.05) is 5.73 Å². The van der Waals surface area contributed by atoms with Crippen LogP contribution in [0.15, 0.2) is 45.3 Å². The summed E-state index contributed by atoms with van der Waals surface area (Å²) in [7, 11) is 0. The number of anilines is 1. The fourth-order valence-electron chi connectivity index (χ4n) is 1.74. The molecule has 0 saturated heterocycles. The molecule has 5 heterocycles. The molecule has 0 spiro atoms. The number of nitrogens with two attached hydrogens (primary N) is 1. The predicted octanol–water partition coefficient (Wildman–Crippen LogP) is 8.65. The highest BCUT2D eigenvalue weighted by Crippen LogP contribution is 2.20. The first-order valence-corrected chi connectivity index (χ1v) is 14.9. The van der Waals surface area contributed by atoms with E-state index in [1.165, 1.54) is 40.2 Å². The molecular weight excluding hydrogens is 630 g/mol. The minimum absolute atomic E-state index is 0.447. The average molecular weight is 653 g/mol. The number of halogens is 2. The first kappa shape index (κ1) is 31.4. The van der Waals surface area contributed by atoms with Crippen LogP contribution >= 0.6 is 84.2 Å². The lowest BCUT2D eigenvalue weighted by Gasteiger charge is -1.70. The van der Waals surface area contributed by atoms with Gasteiger partial charge in [-0.1, -0.05) is 22.9 Å². The molecular formula is C20H23BrClN7OS5. The molecule has 0 aliphatic rings. The van der Waals surface area contributed by atoms with Gasteiger partial charge in [0.1, 0.15) is 9.34 Å². The standard InChI is InChI=1S/C4H4BrNS.C4H4ClNS.C4H4N2OS.C4H6N2S.C4H5NS/c2*1-3-6-2-4(5)7-3;1-3-5-2-4(6-7)8-3;1-3-6-2-4(5)7-3;1-4-5-2-3-6-4/h2*2H,1H3;2H,1H3;2H,5H2,1H3;2-3H,1H3. The van der Waals surface area contributed by atoms with Crippen molar-refractivity contribution in [1.82, 2.24) is 24.9 Å². The summed E-state index contributed by atoms with van der Waals surface area (Å²) in [5.74, 6) is 0. The van der Waals surface area contributed by atoms with Crippen LogP contribution in [0.3, 0.4) is 0 Å². The van der Waals surface area contributed by atoms with Crippen molar-refractivity contribution in [2.24, 2.45) is 5.18 Å². The summed E-state index contributed by atoms with van der Waals surface area (Å²) in [4.78, 5) is 29.3. The van der Waals surface area contributed by atoms with Gasteiger partial charge in [0.2, 0.25) is 0 Å². The maximum Gasteiger partial charge on any atom is 0.180 e. The largest absolute Gasteiger partial charge is 0.389 e. The van der Waals surface area contributed by atoms with Gasteiger partial charge in [-0.25, -0.2) is 19.9 Å². The number of nitrogens with zero attached hydrogens (tertiary/aromatic N) is 6. The van der Waals surface area contributed by atoms with E-state index in [1.807, 2.05) is 40.0 Å². The molecule has 0 aromatic carbocycles. The van der Waals surface area contributed by atoms with Gasteiger partial charge >= 0.3 is 0 Å². The Balaban J connectivity index is 0.000000219. The number of hydrogen-bond donors (Lipinski definition) is 1. The Morgan fingerprint density at radius 1 is 0.771 bits per heavy atom. The molecule has 0 amide bonds. The number of aromatic nitrogens is 5. The van der Waals surface area contributed by atoms with E-state index in [4.69, 9.17) is 17.3 Å². The molecule has 15 heteroatoms. The SMILES string of the molecule is Cc1ncc(Br)s1.Cc1ncc(Cl)s1.Cc1ncc(N)s1.Cc1ncc(N=O)s1.Cc1nccs1. The van der Waals surface area contributed by atoms with Crippen molar-refractivity contribution in [3.05, 3.63) is 74.4 Å². The molecule has 0 bridgehead atoms. The fourth-order valence-corrected chi connectivity index (χ4v) is 5.45. The minimum Gasteiger partial charge on any atom is -0.389 e. The maximum absolute atomic E-state index is 9.74. The summed E-state index contributed by atoms with van der Waals surface area (Å²) < 4.78 is 1.86. The highest BCUT2D eigenvalue weighted by Gasteiger charge is 1.93. The van der Waals surface area contributed by atoms with E-state index in [2.05, 4.69) is 46.0 Å². The van der Waals surface area contributed by atoms with E-state index >= 15 is 0 Å². The highest BCUT2D eigenvalue weighted by atomic mass is 79.9. The zero-order valence-corrected chi connectivity index (χ0v) is 25.9. The van der Waals surface area contributed by atoms with Crippen molar-refractivity contribution in [3.8, 4) is 0 Å². The van der Waals surface area contributed by atoms with Gasteiger partial charge in [0.15, 0.2) is 5.00 Å². The first-order valence-electron chi connectivity index (χ1n) is 9.54. The first-order chi connectivity index (χ1) is 16.6. The van der Waals surface area contributed by atoms with Crippen LogP contribution in [0.1, 0.15) is 25.0 Å². The lowest BCUT2D eigenvalue weighted by atomic mass is 10.8. The Hall–Kier alpha value is -1.68. The Kier molecular flexibility index (Phi) is 15.9. The van der Waals surface area contributed by atoms with Crippen molar-refractivity contribution in [2.45, 2.75) is 34.6 Å². The van der Waals surface area contributed by atoms with Crippen LogP contribution in [0, 0.1) is 39.5 Å². The summed E-state index contributed by atoms with van der Waals surface area (Å²) in [6, 6.07) is 0. The van der Waals surface area contributed by atoms with Gasteiger partial charge < -0.3 is 5.73 Å². The third kappa shape index (κ3) is 15.8. The van der Waals surface area contributed by atoms with Crippen molar-refractivity contribution in [3.63, 3.8) is 0 Å². The van der Waals surface area contributed by atoms with Gasteiger partial charge in [-0.2, -0.15) is 0 Å². The van der Waals surface area contributed by atoms with Crippen LogP contribution in [0.5, 0.6) is 0 Å². The van der Waals surface area contributed by atoms with Gasteiger partial charge in [0.05, 0.1) is 53.6 Å². The second-order valence-corrected chi connectivity index (χ2v) is 14.1. The van der Waals surface area contributed by atoms with Crippen LogP contribution in [0.4, 0.5) is 10.0 Å². The van der Waals surface area contributed by atoms with Crippen molar-refractivity contribution in [1.29, 1.82) is 0 Å². The van der Waals surface area contributed by atoms with Crippen molar-refractivity contribution >= 4 is 94.2 Å². The Labute approximate surface area is 237 Å². The molecule has 0 aliphatic carbocycles. The minimum atomic E-state index is 0.447. The smallest absolute Gasteiger partial charge is 0.180 e. The van der Waals surface area contributed by atoms with E-state index in [0.29, 0.717) is 5.00 Å². The Morgan fingerprint density at radius 3 is 1.51 bits per heavy atom. The predicted molar refractivity (Wildman–Crippen MR) is 157 cm³/mol. The Bertz CT molecular complexity index is 1100. The number of hydrogen-bond acceptors (Lipinski definition) is 13. The number of aryl methyl sites for hydroxylation is 5. The van der Waals surface area contributed by atoms with E-state index in [-0.39, 0.29) is 0 Å². The van der Waals surface area contributed by atoms with E-state index in [1.54, 1.807) is 47.5 Å². The van der Waals surface area contributed by atoms with Crippen LogP contribution in [-0.2, 0) is 0 Å². The van der Waals surface area contributed by atoms with E-state index in [0.717, 1.165) is 38.2 Å². The van der Waals surface area contributed by atoms with Gasteiger partial charge in [0.25, 0.3) is 0 Å². The summed E-state index contributed by atoms with van der Waals surface area (Å²) in [5.41, 5.74) is 5.33. The molecule has 0 aliphatic heterocycles. The third-order valence-electron chi connectivity index (χ3n) is 3.08. The van der Waals surface area contributed by atoms with Crippen LogP contribution < -0.4 is 5.73 Å². The van der Waals surface area contributed by atoms with Crippen molar-refractivity contribution < 1.29 is 0 Å². The van der Waals surface area contributed by atoms with Crippen LogP contribution in [0.2, 0.25) is 4.34 Å². The molecule has 5 aromatic heterocycles. The van der Waals surface area contributed by atoms with Gasteiger partial charge in [-0.15, -0.1) is 50.3 Å². The van der Waals surface area contributed by atoms with Gasteiger partial charge in [-0.3, -0.25) is 4.98 Å². The maximum atomic E-state index is 9.74. The third-order valence-corrected chi connectivity index (χ3v) is 7.74. The molecule has 0 fully saturated rings. The number of thiazole rings is 5. The summed E-state index contributed by atoms with van der Waals surface area (Å²) in [5, 5.41) is 11.1. The summed E-state index contributed by atoms with van der Waals surface area (Å²) in [6.45, 7) is 9.66. The second kappa shape index (κ2) is 17.7. The van der Waals surface area contributed by atoms with Gasteiger partial charge in [-0.05, 0) is 55.7 Å². The molecule has 5 rings (SSSR count). The number of nitroso groups, excluding NO2 is 1. The monoisotopic (exact) mass is 651 g/mol. The molecule has 0 radical (unpaired) electrons. The summed E-state index contributed by atoms with van der Waals surface area (Å²) in [6.07, 6.45) is 8.40. The normalized spacial score (nSPS) is 9.23. The molecule has 8 nitrogen and oxygen atoms in total. The lowest BCUT2D eigenvalue weighted by molar-refractivity contribution is 1.29. The summed E-state index contributed by atoms with van der Waals surface area (Å²) >= 11 is 16.4. The highest BCUT2D eigenvalue weighted by molar-refractivity contribution is 9.11. The quantitative estimate of drug-likeness (QED) is 0.180. The molecule has 0 atom stereocenters. The second-order valence-electron chi connectivity index (χ2n) is 6.01. The number of nitrogen functional groups attached to an aromatic ring is 1. The molecule has 2 N–H and O–H groups in total. The molecule has 0 saturated carbocycles. The topological polar surface area (TPSA) is 120 Å². The molecule has 188 valence electrons. The zero-order valence-electron chi connectivity index (χ0n) is 19.4. The lowest BCUT2D eigenvalue weighted by Crippen LogP contribution is -1.73. The van der Waals surface area contributed by atoms with E-state index < -0.39 is 0 Å². The van der Waals surface area contributed by atoms with Gasteiger partial charge in [0, 0.05) is 11.6 Å². The molecule has 0 unspecified atom stereocenters. The van der Waals surface area contributed by atoms with Crippen LogP contribution in [0.25, 0.3) is 0 Å². The number of rotatable bonds is 1. The fraction of sp³-hybridized carbons (Fsp3) is 0.250. The van der Waals surface area contributed by atoms with Crippen LogP contribution in [-0.4, -0.2) is 24.9 Å². The average Bonchev–Trinajstić information content (AvgIpc) is 3.63. The molecule has 5 aromatic rings. The zero-order chi connectivity index (χ0) is 26.2. The molecule has 35 heavy (non-hydrogen) atoms. The van der Waals surface area contributed by atoms with E-state index in [9.17, 15) is 4.91 Å². The Morgan fingerprint density at radius 2 is 1.34 bits per heavy atom.